The van der Waals surface area contributed by atoms with Crippen LogP contribution in [-0.4, -0.2) is 49.7 Å². The Morgan fingerprint density at radius 2 is 1.79 bits per heavy atom. The summed E-state index contributed by atoms with van der Waals surface area (Å²) in [6.45, 7) is 3.26. The van der Waals surface area contributed by atoms with Crippen LogP contribution in [-0.2, 0) is 0 Å². The van der Waals surface area contributed by atoms with Crippen molar-refractivity contribution in [3.63, 3.8) is 0 Å². The fourth-order valence-electron chi connectivity index (χ4n) is 3.92. The fourth-order valence-corrected chi connectivity index (χ4v) is 3.92. The van der Waals surface area contributed by atoms with E-state index in [2.05, 4.69) is 6.07 Å². The third kappa shape index (κ3) is 4.66. The molecule has 34 heavy (non-hydrogen) atoms. The first-order valence-corrected chi connectivity index (χ1v) is 11.0. The molecule has 0 amide bonds. The fraction of sp³-hybridized carbons (Fsp3) is 0.214. The van der Waals surface area contributed by atoms with Gasteiger partial charge in [0.2, 0.25) is 0 Å². The molecule has 172 valence electrons. The number of benzene rings is 3. The SMILES string of the molecule is COc1cc2ccn(C(=O)c3ccc(-c4ccc(C#N)cc4C)cc3)c2cc1OCCN(C)C. The largest absolute Gasteiger partial charge is 0.493 e. The summed E-state index contributed by atoms with van der Waals surface area (Å²) in [6, 6.07) is 21.0. The van der Waals surface area contributed by atoms with Gasteiger partial charge in [-0.1, -0.05) is 18.2 Å². The van der Waals surface area contributed by atoms with Gasteiger partial charge < -0.3 is 14.4 Å². The first kappa shape index (κ1) is 23.1. The van der Waals surface area contributed by atoms with E-state index in [0.717, 1.165) is 34.1 Å². The smallest absolute Gasteiger partial charge is 0.262 e. The van der Waals surface area contributed by atoms with Crippen LogP contribution in [0.3, 0.4) is 0 Å². The van der Waals surface area contributed by atoms with Gasteiger partial charge in [-0.05, 0) is 74.1 Å². The van der Waals surface area contributed by atoms with Crippen LogP contribution in [0.15, 0.2) is 66.9 Å². The van der Waals surface area contributed by atoms with Crippen molar-refractivity contribution >= 4 is 16.8 Å². The van der Waals surface area contributed by atoms with Crippen molar-refractivity contribution in [1.82, 2.24) is 9.47 Å². The lowest BCUT2D eigenvalue weighted by Crippen LogP contribution is -2.19. The molecule has 0 saturated carbocycles. The lowest BCUT2D eigenvalue weighted by Gasteiger charge is -2.14. The molecular weight excluding hydrogens is 426 g/mol. The van der Waals surface area contributed by atoms with Gasteiger partial charge in [-0.25, -0.2) is 0 Å². The first-order chi connectivity index (χ1) is 16.4. The van der Waals surface area contributed by atoms with Crippen molar-refractivity contribution in [1.29, 1.82) is 5.26 Å². The molecule has 4 rings (SSSR count). The maximum atomic E-state index is 13.3. The second-order valence-corrected chi connectivity index (χ2v) is 8.42. The van der Waals surface area contributed by atoms with E-state index in [4.69, 9.17) is 14.7 Å². The van der Waals surface area contributed by atoms with Gasteiger partial charge in [0.1, 0.15) is 6.61 Å². The Morgan fingerprint density at radius 3 is 2.44 bits per heavy atom. The van der Waals surface area contributed by atoms with E-state index in [1.54, 1.807) is 23.9 Å². The third-order valence-corrected chi connectivity index (χ3v) is 5.79. The maximum absolute atomic E-state index is 13.3. The third-order valence-electron chi connectivity index (χ3n) is 5.79. The molecule has 0 aliphatic heterocycles. The highest BCUT2D eigenvalue weighted by Gasteiger charge is 2.16. The molecule has 6 heteroatoms. The molecule has 3 aromatic carbocycles. The van der Waals surface area contributed by atoms with E-state index in [1.807, 2.05) is 80.5 Å². The Hall–Kier alpha value is -4.08. The lowest BCUT2D eigenvalue weighted by atomic mass is 9.98. The summed E-state index contributed by atoms with van der Waals surface area (Å²) >= 11 is 0. The van der Waals surface area contributed by atoms with E-state index in [1.165, 1.54) is 0 Å². The van der Waals surface area contributed by atoms with Crippen molar-refractivity contribution in [2.75, 3.05) is 34.4 Å². The molecule has 4 aromatic rings. The summed E-state index contributed by atoms with van der Waals surface area (Å²) in [7, 11) is 5.59. The van der Waals surface area contributed by atoms with Gasteiger partial charge in [0.25, 0.3) is 5.91 Å². The van der Waals surface area contributed by atoms with Crippen LogP contribution in [0, 0.1) is 18.3 Å². The predicted octanol–water partition coefficient (Wildman–Crippen LogP) is 5.13. The molecule has 1 aromatic heterocycles. The van der Waals surface area contributed by atoms with E-state index >= 15 is 0 Å². The van der Waals surface area contributed by atoms with Crippen molar-refractivity contribution < 1.29 is 14.3 Å². The average Bonchev–Trinajstić information content (AvgIpc) is 3.25. The molecular formula is C28H27N3O3. The molecule has 0 saturated heterocycles. The second-order valence-electron chi connectivity index (χ2n) is 8.42. The summed E-state index contributed by atoms with van der Waals surface area (Å²) in [6.07, 6.45) is 1.77. The number of hydrogen-bond donors (Lipinski definition) is 0. The molecule has 0 aliphatic carbocycles. The minimum atomic E-state index is -0.123. The molecule has 0 unspecified atom stereocenters. The van der Waals surface area contributed by atoms with Gasteiger partial charge in [-0.15, -0.1) is 0 Å². The van der Waals surface area contributed by atoms with Crippen LogP contribution >= 0.6 is 0 Å². The molecule has 0 spiro atoms. The minimum absolute atomic E-state index is 0.123. The highest BCUT2D eigenvalue weighted by molar-refractivity contribution is 6.03. The average molecular weight is 454 g/mol. The molecule has 0 N–H and O–H groups in total. The Balaban J connectivity index is 1.63. The lowest BCUT2D eigenvalue weighted by molar-refractivity contribution is 0.0965. The van der Waals surface area contributed by atoms with E-state index in [0.29, 0.717) is 29.2 Å². The van der Waals surface area contributed by atoms with Crippen LogP contribution in [0.25, 0.3) is 22.0 Å². The number of nitrogens with zero attached hydrogens (tertiary/aromatic N) is 3. The number of likely N-dealkylation sites (N-methyl/N-ethyl adjacent to an activating group) is 1. The van der Waals surface area contributed by atoms with Gasteiger partial charge in [-0.3, -0.25) is 9.36 Å². The summed E-state index contributed by atoms with van der Waals surface area (Å²) in [5, 5.41) is 9.99. The van der Waals surface area contributed by atoms with Gasteiger partial charge in [0.15, 0.2) is 11.5 Å². The molecule has 0 atom stereocenters. The topological polar surface area (TPSA) is 67.5 Å². The Labute approximate surface area is 199 Å². The zero-order valence-electron chi connectivity index (χ0n) is 19.8. The number of aryl methyl sites for hydroxylation is 1. The molecule has 0 fully saturated rings. The number of methoxy groups -OCH3 is 1. The second kappa shape index (κ2) is 9.82. The van der Waals surface area contributed by atoms with Crippen LogP contribution in [0.2, 0.25) is 0 Å². The van der Waals surface area contributed by atoms with Gasteiger partial charge in [0.05, 0.1) is 24.3 Å². The first-order valence-electron chi connectivity index (χ1n) is 11.0. The highest BCUT2D eigenvalue weighted by Crippen LogP contribution is 2.33. The summed E-state index contributed by atoms with van der Waals surface area (Å²) in [4.78, 5) is 15.4. The number of carbonyl (C=O) groups is 1. The normalized spacial score (nSPS) is 10.9. The zero-order valence-corrected chi connectivity index (χ0v) is 19.8. The maximum Gasteiger partial charge on any atom is 0.262 e. The van der Waals surface area contributed by atoms with Crippen LogP contribution in [0.5, 0.6) is 11.5 Å². The van der Waals surface area contributed by atoms with Crippen molar-refractivity contribution in [2.24, 2.45) is 0 Å². The number of hydrogen-bond acceptors (Lipinski definition) is 5. The zero-order chi connectivity index (χ0) is 24.2. The van der Waals surface area contributed by atoms with Gasteiger partial charge >= 0.3 is 0 Å². The highest BCUT2D eigenvalue weighted by atomic mass is 16.5. The quantitative estimate of drug-likeness (QED) is 0.388. The van der Waals surface area contributed by atoms with Crippen molar-refractivity contribution in [3.05, 3.63) is 83.6 Å². The standard InChI is InChI=1S/C28H27N3O3/c1-19-15-20(18-29)5-10-24(19)21-6-8-22(9-7-21)28(32)31-12-11-23-16-26(33-4)27(17-25(23)31)34-14-13-30(2)3/h5-12,15-17H,13-14H2,1-4H3. The van der Waals surface area contributed by atoms with Crippen molar-refractivity contribution in [2.45, 2.75) is 6.92 Å². The summed E-state index contributed by atoms with van der Waals surface area (Å²) < 4.78 is 13.1. The van der Waals surface area contributed by atoms with Crippen LogP contribution < -0.4 is 9.47 Å². The molecule has 6 nitrogen and oxygen atoms in total. The van der Waals surface area contributed by atoms with Gasteiger partial charge in [-0.2, -0.15) is 5.26 Å². The monoisotopic (exact) mass is 453 g/mol. The summed E-state index contributed by atoms with van der Waals surface area (Å²) in [5.41, 5.74) is 5.03. The van der Waals surface area contributed by atoms with Crippen LogP contribution in [0.1, 0.15) is 21.5 Å². The molecule has 0 radical (unpaired) electrons. The van der Waals surface area contributed by atoms with E-state index in [-0.39, 0.29) is 5.91 Å². The number of aromatic nitrogens is 1. The predicted molar refractivity (Wildman–Crippen MR) is 134 cm³/mol. The number of rotatable bonds is 7. The molecule has 1 heterocycles. The Bertz CT molecular complexity index is 1380. The minimum Gasteiger partial charge on any atom is -0.493 e. The summed E-state index contributed by atoms with van der Waals surface area (Å²) in [5.74, 6) is 1.12. The molecule has 0 bridgehead atoms. The number of nitriles is 1. The van der Waals surface area contributed by atoms with E-state index in [9.17, 15) is 4.79 Å². The van der Waals surface area contributed by atoms with Crippen molar-refractivity contribution in [3.8, 4) is 28.7 Å². The molecule has 0 aliphatic rings. The van der Waals surface area contributed by atoms with Crippen LogP contribution in [0.4, 0.5) is 0 Å². The number of fused-ring (bicyclic) bond motifs is 1. The number of carbonyl (C=O) groups excluding carboxylic acids is 1. The van der Waals surface area contributed by atoms with Gasteiger partial charge in [0, 0.05) is 29.8 Å². The number of ether oxygens (including phenoxy) is 2. The Morgan fingerprint density at radius 1 is 1.03 bits per heavy atom. The Kier molecular flexibility index (Phi) is 6.67. The van der Waals surface area contributed by atoms with E-state index < -0.39 is 0 Å².